The van der Waals surface area contributed by atoms with Crippen LogP contribution >= 0.6 is 0 Å². The molecule has 0 atom stereocenters. The lowest BCUT2D eigenvalue weighted by Crippen LogP contribution is -2.13. The Balaban J connectivity index is 1.46. The fraction of sp³-hybridized carbons (Fsp3) is 0.0968. The number of carbonyl (C=O) groups excluding carboxylic acids is 1. The maximum absolute atomic E-state index is 12.9. The summed E-state index contributed by atoms with van der Waals surface area (Å²) in [5.74, 6) is -0.414. The highest BCUT2D eigenvalue weighted by Crippen LogP contribution is 2.26. The van der Waals surface area contributed by atoms with Crippen molar-refractivity contribution in [3.8, 4) is 6.07 Å². The first-order valence-electron chi connectivity index (χ1n) is 11.7. The molecule has 0 saturated carbocycles. The van der Waals surface area contributed by atoms with Gasteiger partial charge in [-0.1, -0.05) is 73.7 Å². The van der Waals surface area contributed by atoms with Crippen molar-refractivity contribution in [1.82, 2.24) is 4.57 Å². The van der Waals surface area contributed by atoms with Crippen LogP contribution in [0.5, 0.6) is 0 Å². The molecule has 5 rings (SSSR count). The smallest absolute Gasteiger partial charge is 0.266 e. The van der Waals surface area contributed by atoms with E-state index in [1.54, 1.807) is 6.08 Å². The average Bonchev–Trinajstić information content (AvgIpc) is 3.24. The molecule has 1 N–H and O–H groups in total. The molecule has 0 aliphatic rings. The number of carbonyl (C=O) groups is 1. The summed E-state index contributed by atoms with van der Waals surface area (Å²) in [6.45, 7) is 2.78. The van der Waals surface area contributed by atoms with Crippen LogP contribution in [0.3, 0.4) is 0 Å². The van der Waals surface area contributed by atoms with E-state index in [0.717, 1.165) is 22.9 Å². The molecule has 0 fully saturated rings. The standard InChI is InChI=1S/C31H25N3O/c1-2-22-12-15-28(16-13-22)33-31(35)26(19-32)18-27-21-34(30-10-6-5-9-29(27)30)20-23-11-14-24-7-3-4-8-25(24)17-23/h3-18,21H,2,20H2,1H3,(H,33,35). The van der Waals surface area contributed by atoms with Crippen LogP contribution in [-0.2, 0) is 17.8 Å². The van der Waals surface area contributed by atoms with Crippen molar-refractivity contribution in [2.45, 2.75) is 19.9 Å². The number of nitrogens with one attached hydrogen (secondary N) is 1. The number of benzene rings is 4. The van der Waals surface area contributed by atoms with E-state index in [-0.39, 0.29) is 5.57 Å². The number of aromatic nitrogens is 1. The molecule has 0 aliphatic carbocycles. The number of amides is 1. The van der Waals surface area contributed by atoms with Crippen molar-refractivity contribution >= 4 is 39.3 Å². The van der Waals surface area contributed by atoms with E-state index >= 15 is 0 Å². The van der Waals surface area contributed by atoms with Crippen LogP contribution in [0.25, 0.3) is 27.8 Å². The van der Waals surface area contributed by atoms with E-state index in [1.807, 2.05) is 60.8 Å². The van der Waals surface area contributed by atoms with Gasteiger partial charge in [0.25, 0.3) is 5.91 Å². The number of nitriles is 1. The fourth-order valence-electron chi connectivity index (χ4n) is 4.38. The Kier molecular flexibility index (Phi) is 6.15. The van der Waals surface area contributed by atoms with Crippen LogP contribution in [0.2, 0.25) is 0 Å². The highest BCUT2D eigenvalue weighted by Gasteiger charge is 2.13. The topological polar surface area (TPSA) is 57.8 Å². The van der Waals surface area contributed by atoms with Crippen LogP contribution < -0.4 is 5.32 Å². The van der Waals surface area contributed by atoms with Crippen LogP contribution in [0.15, 0.2) is 103 Å². The molecule has 170 valence electrons. The molecule has 4 nitrogen and oxygen atoms in total. The molecule has 1 heterocycles. The minimum atomic E-state index is -0.414. The quantitative estimate of drug-likeness (QED) is 0.222. The van der Waals surface area contributed by atoms with Gasteiger partial charge in [0.1, 0.15) is 11.6 Å². The Morgan fingerprint density at radius 2 is 1.63 bits per heavy atom. The maximum atomic E-state index is 12.9. The predicted octanol–water partition coefficient (Wildman–Crippen LogP) is 6.95. The molecule has 1 amide bonds. The zero-order chi connectivity index (χ0) is 24.2. The van der Waals surface area contributed by atoms with Crippen LogP contribution in [0.1, 0.15) is 23.6 Å². The number of nitrogens with zero attached hydrogens (tertiary/aromatic N) is 2. The van der Waals surface area contributed by atoms with E-state index in [2.05, 4.69) is 59.3 Å². The summed E-state index contributed by atoms with van der Waals surface area (Å²) >= 11 is 0. The van der Waals surface area contributed by atoms with Gasteiger partial charge in [-0.25, -0.2) is 0 Å². The molecule has 4 heteroatoms. The Morgan fingerprint density at radius 3 is 2.40 bits per heavy atom. The minimum Gasteiger partial charge on any atom is -0.342 e. The number of anilines is 1. The van der Waals surface area contributed by atoms with Gasteiger partial charge < -0.3 is 9.88 Å². The molecule has 5 aromatic rings. The first-order chi connectivity index (χ1) is 17.1. The average molecular weight is 456 g/mol. The van der Waals surface area contributed by atoms with Gasteiger partial charge in [-0.3, -0.25) is 4.79 Å². The summed E-state index contributed by atoms with van der Waals surface area (Å²) in [5, 5.41) is 16.0. The maximum Gasteiger partial charge on any atom is 0.266 e. The first kappa shape index (κ1) is 22.2. The molecule has 0 bridgehead atoms. The van der Waals surface area contributed by atoms with Crippen molar-refractivity contribution in [1.29, 1.82) is 5.26 Å². The van der Waals surface area contributed by atoms with E-state index in [0.29, 0.717) is 12.2 Å². The molecular weight excluding hydrogens is 430 g/mol. The molecule has 0 saturated heterocycles. The molecule has 0 unspecified atom stereocenters. The Bertz CT molecular complexity index is 1600. The van der Waals surface area contributed by atoms with Crippen LogP contribution in [0, 0.1) is 11.3 Å². The largest absolute Gasteiger partial charge is 0.342 e. The molecule has 35 heavy (non-hydrogen) atoms. The summed E-state index contributed by atoms with van der Waals surface area (Å²) in [6, 6.07) is 32.6. The zero-order valence-electron chi connectivity index (χ0n) is 19.5. The second kappa shape index (κ2) is 9.70. The second-order valence-electron chi connectivity index (χ2n) is 8.59. The lowest BCUT2D eigenvalue weighted by molar-refractivity contribution is -0.112. The molecule has 4 aromatic carbocycles. The van der Waals surface area contributed by atoms with Crippen molar-refractivity contribution in [2.24, 2.45) is 0 Å². The number of fused-ring (bicyclic) bond motifs is 2. The van der Waals surface area contributed by atoms with E-state index in [1.165, 1.54) is 21.9 Å². The van der Waals surface area contributed by atoms with Crippen LogP contribution in [-0.4, -0.2) is 10.5 Å². The van der Waals surface area contributed by atoms with Gasteiger partial charge in [-0.05, 0) is 58.7 Å². The molecule has 0 aliphatic heterocycles. The SMILES string of the molecule is CCc1ccc(NC(=O)C(C#N)=Cc2cn(Cc3ccc4ccccc4c3)c3ccccc23)cc1. The Hall–Kier alpha value is -4.62. The molecule has 0 radical (unpaired) electrons. The summed E-state index contributed by atoms with van der Waals surface area (Å²) in [4.78, 5) is 12.9. The van der Waals surface area contributed by atoms with Gasteiger partial charge >= 0.3 is 0 Å². The van der Waals surface area contributed by atoms with Gasteiger partial charge in [0.2, 0.25) is 0 Å². The van der Waals surface area contributed by atoms with E-state index in [4.69, 9.17) is 0 Å². The normalized spacial score (nSPS) is 11.5. The summed E-state index contributed by atoms with van der Waals surface area (Å²) < 4.78 is 2.17. The third-order valence-corrected chi connectivity index (χ3v) is 6.27. The van der Waals surface area contributed by atoms with Crippen molar-refractivity contribution < 1.29 is 4.79 Å². The van der Waals surface area contributed by atoms with Gasteiger partial charge in [0.15, 0.2) is 0 Å². The van der Waals surface area contributed by atoms with Gasteiger partial charge in [0, 0.05) is 34.9 Å². The third kappa shape index (κ3) is 4.71. The Morgan fingerprint density at radius 1 is 0.914 bits per heavy atom. The number of para-hydroxylation sites is 1. The fourth-order valence-corrected chi connectivity index (χ4v) is 4.38. The van der Waals surface area contributed by atoms with Gasteiger partial charge in [-0.15, -0.1) is 0 Å². The monoisotopic (exact) mass is 455 g/mol. The summed E-state index contributed by atoms with van der Waals surface area (Å²) in [6.07, 6.45) is 4.62. The number of hydrogen-bond acceptors (Lipinski definition) is 2. The number of rotatable bonds is 6. The highest BCUT2D eigenvalue weighted by molar-refractivity contribution is 6.10. The minimum absolute atomic E-state index is 0.0678. The summed E-state index contributed by atoms with van der Waals surface area (Å²) in [7, 11) is 0. The third-order valence-electron chi connectivity index (χ3n) is 6.27. The van der Waals surface area contributed by atoms with Crippen molar-refractivity contribution in [3.63, 3.8) is 0 Å². The lowest BCUT2D eigenvalue weighted by atomic mass is 10.1. The zero-order valence-corrected chi connectivity index (χ0v) is 19.5. The van der Waals surface area contributed by atoms with Gasteiger partial charge in [0.05, 0.1) is 0 Å². The predicted molar refractivity (Wildman–Crippen MR) is 143 cm³/mol. The molecule has 1 aromatic heterocycles. The van der Waals surface area contributed by atoms with E-state index < -0.39 is 5.91 Å². The second-order valence-corrected chi connectivity index (χ2v) is 8.59. The number of aryl methyl sites for hydroxylation is 1. The lowest BCUT2D eigenvalue weighted by Gasteiger charge is -2.07. The molecule has 0 spiro atoms. The highest BCUT2D eigenvalue weighted by atomic mass is 16.1. The van der Waals surface area contributed by atoms with Gasteiger partial charge in [-0.2, -0.15) is 5.26 Å². The van der Waals surface area contributed by atoms with Crippen LogP contribution in [0.4, 0.5) is 5.69 Å². The Labute approximate surface area is 204 Å². The van der Waals surface area contributed by atoms with E-state index in [9.17, 15) is 10.1 Å². The van der Waals surface area contributed by atoms with Crippen molar-refractivity contribution in [2.75, 3.05) is 5.32 Å². The van der Waals surface area contributed by atoms with Crippen molar-refractivity contribution in [3.05, 3.63) is 119 Å². The first-order valence-corrected chi connectivity index (χ1v) is 11.7. The molecular formula is C31H25N3O. The summed E-state index contributed by atoms with van der Waals surface area (Å²) in [5.41, 5.74) is 5.02. The number of hydrogen-bond donors (Lipinski definition) is 1.